The van der Waals surface area contributed by atoms with Crippen molar-refractivity contribution in [2.75, 3.05) is 51.3 Å². The summed E-state index contributed by atoms with van der Waals surface area (Å²) in [6.45, 7) is 6.71. The van der Waals surface area contributed by atoms with Gasteiger partial charge in [-0.3, -0.25) is 9.59 Å². The van der Waals surface area contributed by atoms with Crippen LogP contribution in [0.5, 0.6) is 0 Å². The molecule has 0 bridgehead atoms. The Morgan fingerprint density at radius 2 is 1.68 bits per heavy atom. The largest absolute Gasteiger partial charge is 0.378 e. The molecular weight excluding hydrogens is 318 g/mol. The van der Waals surface area contributed by atoms with Crippen LogP contribution in [0.4, 0.5) is 5.69 Å². The van der Waals surface area contributed by atoms with Crippen LogP contribution >= 0.6 is 0 Å². The van der Waals surface area contributed by atoms with Crippen LogP contribution in [-0.2, 0) is 9.53 Å². The maximum atomic E-state index is 12.5. The minimum atomic E-state index is 0.0749. The van der Waals surface area contributed by atoms with Crippen LogP contribution in [0.25, 0.3) is 0 Å². The molecule has 1 aromatic rings. The molecule has 2 aliphatic rings. The Morgan fingerprint density at radius 3 is 2.32 bits per heavy atom. The van der Waals surface area contributed by atoms with E-state index in [0.717, 1.165) is 31.6 Å². The van der Waals surface area contributed by atoms with Crippen LogP contribution in [0.15, 0.2) is 24.3 Å². The monoisotopic (exact) mass is 345 g/mol. The van der Waals surface area contributed by atoms with Crippen LogP contribution in [0.3, 0.4) is 0 Å². The zero-order valence-electron chi connectivity index (χ0n) is 14.9. The molecule has 1 N–H and O–H groups in total. The van der Waals surface area contributed by atoms with Crippen molar-refractivity contribution in [2.45, 2.75) is 19.8 Å². The molecule has 0 saturated carbocycles. The molecular formula is C19H27N3O3. The van der Waals surface area contributed by atoms with Crippen LogP contribution in [0.1, 0.15) is 30.1 Å². The van der Waals surface area contributed by atoms with Gasteiger partial charge in [-0.25, -0.2) is 0 Å². The van der Waals surface area contributed by atoms with Gasteiger partial charge in [0.05, 0.1) is 19.8 Å². The Kier molecular flexibility index (Phi) is 5.91. The third kappa shape index (κ3) is 4.72. The fourth-order valence-corrected chi connectivity index (χ4v) is 3.23. The highest BCUT2D eigenvalue weighted by molar-refractivity contribution is 5.94. The maximum absolute atomic E-state index is 12.5. The molecule has 0 atom stereocenters. The summed E-state index contributed by atoms with van der Waals surface area (Å²) in [6.07, 6.45) is 2.16. The first kappa shape index (κ1) is 17.7. The summed E-state index contributed by atoms with van der Waals surface area (Å²) in [5, 5.41) is 3.14. The van der Waals surface area contributed by atoms with E-state index in [1.165, 1.54) is 0 Å². The summed E-state index contributed by atoms with van der Waals surface area (Å²) >= 11 is 0. The van der Waals surface area contributed by atoms with Gasteiger partial charge in [0.25, 0.3) is 5.91 Å². The van der Waals surface area contributed by atoms with Gasteiger partial charge < -0.3 is 19.9 Å². The van der Waals surface area contributed by atoms with Crippen molar-refractivity contribution in [1.29, 1.82) is 0 Å². The van der Waals surface area contributed by atoms with E-state index in [1.54, 1.807) is 0 Å². The molecule has 0 spiro atoms. The second-order valence-electron chi connectivity index (χ2n) is 6.90. The smallest absolute Gasteiger partial charge is 0.253 e. The first-order valence-corrected chi connectivity index (χ1v) is 9.12. The average Bonchev–Trinajstić information content (AvgIpc) is 2.67. The van der Waals surface area contributed by atoms with Gasteiger partial charge in [-0.15, -0.1) is 0 Å². The van der Waals surface area contributed by atoms with Gasteiger partial charge in [-0.05, 0) is 43.0 Å². The van der Waals surface area contributed by atoms with Crippen LogP contribution in [-0.4, -0.2) is 67.6 Å². The van der Waals surface area contributed by atoms with Crippen LogP contribution in [0.2, 0.25) is 0 Å². The molecule has 2 amide bonds. The number of carbonyl (C=O) groups excluding carboxylic acids is 2. The molecule has 2 saturated heterocycles. The highest BCUT2D eigenvalue weighted by Crippen LogP contribution is 2.19. The second kappa shape index (κ2) is 8.34. The van der Waals surface area contributed by atoms with Crippen molar-refractivity contribution in [3.05, 3.63) is 29.8 Å². The number of morpholine rings is 1. The van der Waals surface area contributed by atoms with Crippen LogP contribution < -0.4 is 5.32 Å². The van der Waals surface area contributed by atoms with Gasteiger partial charge in [0.2, 0.25) is 5.91 Å². The van der Waals surface area contributed by atoms with Crippen molar-refractivity contribution in [1.82, 2.24) is 9.80 Å². The summed E-state index contributed by atoms with van der Waals surface area (Å²) in [6, 6.07) is 7.41. The Morgan fingerprint density at radius 1 is 1.04 bits per heavy atom. The number of nitrogens with one attached hydrogen (secondary N) is 1. The Bertz CT molecular complexity index is 588. The lowest BCUT2D eigenvalue weighted by atomic mass is 9.98. The number of amides is 2. The molecule has 2 fully saturated rings. The maximum Gasteiger partial charge on any atom is 0.253 e. The molecule has 0 unspecified atom stereocenters. The van der Waals surface area contributed by atoms with Gasteiger partial charge in [0.15, 0.2) is 0 Å². The predicted octanol–water partition coefficient (Wildman–Crippen LogP) is 1.83. The lowest BCUT2D eigenvalue weighted by Crippen LogP contribution is -2.43. The zero-order chi connectivity index (χ0) is 17.6. The van der Waals surface area contributed by atoms with Crippen molar-refractivity contribution < 1.29 is 14.3 Å². The molecule has 6 nitrogen and oxygen atoms in total. The Hall–Kier alpha value is -2.08. The highest BCUT2D eigenvalue weighted by Gasteiger charge is 2.21. The standard InChI is InChI=1S/C19H27N3O3/c1-15-6-8-22(9-7-15)19(24)16-2-4-17(5-3-16)20-14-18(23)21-10-12-25-13-11-21/h2-5,15,20H,6-14H2,1H3. The summed E-state index contributed by atoms with van der Waals surface area (Å²) in [7, 11) is 0. The molecule has 0 aliphatic carbocycles. The van der Waals surface area contributed by atoms with Crippen LogP contribution in [0, 0.1) is 5.92 Å². The first-order chi connectivity index (χ1) is 12.1. The Labute approximate surface area is 149 Å². The van der Waals surface area contributed by atoms with E-state index in [-0.39, 0.29) is 18.4 Å². The van der Waals surface area contributed by atoms with E-state index in [2.05, 4.69) is 12.2 Å². The molecule has 0 radical (unpaired) electrons. The highest BCUT2D eigenvalue weighted by atomic mass is 16.5. The topological polar surface area (TPSA) is 61.9 Å². The molecule has 3 rings (SSSR count). The van der Waals surface area contributed by atoms with Crippen molar-refractivity contribution >= 4 is 17.5 Å². The van der Waals surface area contributed by atoms with Crippen molar-refractivity contribution in [2.24, 2.45) is 5.92 Å². The summed E-state index contributed by atoms with van der Waals surface area (Å²) in [5.74, 6) is 0.883. The first-order valence-electron chi connectivity index (χ1n) is 9.12. The van der Waals surface area contributed by atoms with E-state index in [9.17, 15) is 9.59 Å². The summed E-state index contributed by atoms with van der Waals surface area (Å²) in [4.78, 5) is 28.4. The molecule has 25 heavy (non-hydrogen) atoms. The number of rotatable bonds is 4. The quantitative estimate of drug-likeness (QED) is 0.904. The minimum Gasteiger partial charge on any atom is -0.378 e. The minimum absolute atomic E-state index is 0.0749. The van der Waals surface area contributed by atoms with E-state index < -0.39 is 0 Å². The van der Waals surface area contributed by atoms with Gasteiger partial charge in [-0.2, -0.15) is 0 Å². The Balaban J connectivity index is 1.50. The summed E-state index contributed by atoms with van der Waals surface area (Å²) in [5.41, 5.74) is 1.56. The number of ether oxygens (including phenoxy) is 1. The molecule has 6 heteroatoms. The molecule has 136 valence electrons. The molecule has 0 aromatic heterocycles. The second-order valence-corrected chi connectivity index (χ2v) is 6.90. The molecule has 2 aliphatic heterocycles. The summed E-state index contributed by atoms with van der Waals surface area (Å²) < 4.78 is 5.25. The average molecular weight is 345 g/mol. The third-order valence-electron chi connectivity index (χ3n) is 5.01. The van der Waals surface area contributed by atoms with Gasteiger partial charge >= 0.3 is 0 Å². The number of benzene rings is 1. The number of piperidine rings is 1. The van der Waals surface area contributed by atoms with E-state index >= 15 is 0 Å². The number of likely N-dealkylation sites (tertiary alicyclic amines) is 1. The lowest BCUT2D eigenvalue weighted by Gasteiger charge is -2.30. The number of carbonyl (C=O) groups is 2. The number of hydrogen-bond donors (Lipinski definition) is 1. The van der Waals surface area contributed by atoms with Gasteiger partial charge in [0.1, 0.15) is 0 Å². The number of nitrogens with zero attached hydrogens (tertiary/aromatic N) is 2. The van der Waals surface area contributed by atoms with Gasteiger partial charge in [0, 0.05) is 37.4 Å². The molecule has 1 aromatic carbocycles. The third-order valence-corrected chi connectivity index (χ3v) is 5.01. The van der Waals surface area contributed by atoms with Crippen molar-refractivity contribution in [3.8, 4) is 0 Å². The number of anilines is 1. The molecule has 2 heterocycles. The zero-order valence-corrected chi connectivity index (χ0v) is 14.9. The van der Waals surface area contributed by atoms with E-state index in [1.807, 2.05) is 34.1 Å². The fraction of sp³-hybridized carbons (Fsp3) is 0.579. The van der Waals surface area contributed by atoms with Crippen molar-refractivity contribution in [3.63, 3.8) is 0 Å². The normalized spacial score (nSPS) is 18.9. The van der Waals surface area contributed by atoms with E-state index in [0.29, 0.717) is 37.8 Å². The predicted molar refractivity (Wildman–Crippen MR) is 96.6 cm³/mol. The fourth-order valence-electron chi connectivity index (χ4n) is 3.23. The number of hydrogen-bond acceptors (Lipinski definition) is 4. The van der Waals surface area contributed by atoms with Gasteiger partial charge in [-0.1, -0.05) is 6.92 Å². The lowest BCUT2D eigenvalue weighted by molar-refractivity contribution is -0.133. The SMILES string of the molecule is CC1CCN(C(=O)c2ccc(NCC(=O)N3CCOCC3)cc2)CC1. The van der Waals surface area contributed by atoms with E-state index in [4.69, 9.17) is 4.74 Å².